The third-order valence-electron chi connectivity index (χ3n) is 6.53. The molecule has 2 aliphatic heterocycles. The Labute approximate surface area is 192 Å². The van der Waals surface area contributed by atoms with Gasteiger partial charge in [-0.25, -0.2) is 4.79 Å². The zero-order valence-electron chi connectivity index (χ0n) is 18.2. The molecule has 5 rings (SSSR count). The Kier molecular flexibility index (Phi) is 5.48. The van der Waals surface area contributed by atoms with Gasteiger partial charge >= 0.3 is 6.03 Å². The highest BCUT2D eigenvalue weighted by molar-refractivity contribution is 6.09. The summed E-state index contributed by atoms with van der Waals surface area (Å²) in [7, 11) is 1.54. The van der Waals surface area contributed by atoms with Crippen molar-refractivity contribution in [2.24, 2.45) is 0 Å². The topological polar surface area (TPSA) is 82.1 Å². The zero-order valence-corrected chi connectivity index (χ0v) is 18.2. The summed E-state index contributed by atoms with van der Waals surface area (Å²) < 4.78 is 5.41. The van der Waals surface area contributed by atoms with Crippen LogP contribution in [0.5, 0.6) is 5.75 Å². The molecular formula is C26H25N3O4. The number of aliphatic hydroxyl groups is 1. The number of para-hydroxylation sites is 3. The molecule has 1 fully saturated rings. The SMILES string of the molecule is COc1ccccc1C(=O)N1C[C@@H]2[C@H](c3ccccc31)[C@H](CO)N2C(=O)Nc1ccccc1. The third-order valence-corrected chi connectivity index (χ3v) is 6.53. The number of methoxy groups -OCH3 is 1. The number of carbonyl (C=O) groups excluding carboxylic acids is 2. The number of nitrogens with zero attached hydrogens (tertiary/aromatic N) is 2. The van der Waals surface area contributed by atoms with E-state index in [1.807, 2.05) is 60.7 Å². The second-order valence-electron chi connectivity index (χ2n) is 8.22. The maximum atomic E-state index is 13.6. The van der Waals surface area contributed by atoms with Crippen LogP contribution in [0.4, 0.5) is 16.2 Å². The van der Waals surface area contributed by atoms with Crippen LogP contribution in [-0.2, 0) is 0 Å². The molecule has 2 aliphatic rings. The first kappa shape index (κ1) is 21.0. The van der Waals surface area contributed by atoms with Gasteiger partial charge in [0.2, 0.25) is 0 Å². The number of urea groups is 1. The molecular weight excluding hydrogens is 418 g/mol. The van der Waals surface area contributed by atoms with Crippen LogP contribution in [0.15, 0.2) is 78.9 Å². The molecule has 3 amide bonds. The van der Waals surface area contributed by atoms with Crippen molar-refractivity contribution in [1.29, 1.82) is 0 Å². The van der Waals surface area contributed by atoms with Crippen LogP contribution in [0, 0.1) is 0 Å². The monoisotopic (exact) mass is 443 g/mol. The first-order valence-corrected chi connectivity index (χ1v) is 10.9. The number of fused-ring (bicyclic) bond motifs is 3. The average molecular weight is 444 g/mol. The molecule has 3 atom stereocenters. The predicted molar refractivity (Wildman–Crippen MR) is 126 cm³/mol. The number of likely N-dealkylation sites (tertiary alicyclic amines) is 1. The fourth-order valence-electron chi connectivity index (χ4n) is 5.03. The number of hydrogen-bond acceptors (Lipinski definition) is 4. The number of ether oxygens (including phenoxy) is 1. The van der Waals surface area contributed by atoms with Gasteiger partial charge < -0.3 is 25.0 Å². The van der Waals surface area contributed by atoms with E-state index in [2.05, 4.69) is 5.32 Å². The van der Waals surface area contributed by atoms with Gasteiger partial charge in [-0.3, -0.25) is 4.79 Å². The molecule has 0 aliphatic carbocycles. The normalized spacial score (nSPS) is 20.8. The minimum Gasteiger partial charge on any atom is -0.496 e. The molecule has 0 unspecified atom stereocenters. The van der Waals surface area contributed by atoms with Crippen molar-refractivity contribution in [2.45, 2.75) is 18.0 Å². The molecule has 33 heavy (non-hydrogen) atoms. The molecule has 7 nitrogen and oxygen atoms in total. The van der Waals surface area contributed by atoms with E-state index in [9.17, 15) is 14.7 Å². The molecule has 0 radical (unpaired) electrons. The fourth-order valence-corrected chi connectivity index (χ4v) is 5.03. The van der Waals surface area contributed by atoms with E-state index in [0.29, 0.717) is 23.5 Å². The van der Waals surface area contributed by atoms with Gasteiger partial charge in [-0.2, -0.15) is 0 Å². The van der Waals surface area contributed by atoms with Crippen molar-refractivity contribution in [3.63, 3.8) is 0 Å². The Morgan fingerprint density at radius 1 is 1.00 bits per heavy atom. The van der Waals surface area contributed by atoms with Gasteiger partial charge in [-0.15, -0.1) is 0 Å². The number of benzene rings is 3. The standard InChI is InChI=1S/C26H25N3O4/c1-33-23-14-8-6-12-19(23)25(31)28-15-21-24(18-11-5-7-13-20(18)28)22(16-30)29(21)26(32)27-17-9-3-2-4-10-17/h2-14,21-22,24,30H,15-16H2,1H3,(H,27,32)/t21-,22+,24+/m1/s1. The van der Waals surface area contributed by atoms with Crippen LogP contribution in [0.3, 0.4) is 0 Å². The number of hydrogen-bond donors (Lipinski definition) is 2. The van der Waals surface area contributed by atoms with Crippen molar-refractivity contribution >= 4 is 23.3 Å². The molecule has 0 saturated carbocycles. The lowest BCUT2D eigenvalue weighted by Crippen LogP contribution is -2.71. The molecule has 2 N–H and O–H groups in total. The highest BCUT2D eigenvalue weighted by Gasteiger charge is 2.55. The van der Waals surface area contributed by atoms with Crippen LogP contribution < -0.4 is 15.0 Å². The summed E-state index contributed by atoms with van der Waals surface area (Å²) in [5.74, 6) is 0.270. The number of rotatable bonds is 4. The Morgan fingerprint density at radius 3 is 2.45 bits per heavy atom. The van der Waals surface area contributed by atoms with Gasteiger partial charge in [0.05, 0.1) is 31.4 Å². The third kappa shape index (κ3) is 3.50. The van der Waals surface area contributed by atoms with Gasteiger partial charge in [-0.1, -0.05) is 48.5 Å². The molecule has 1 saturated heterocycles. The van der Waals surface area contributed by atoms with E-state index in [1.54, 1.807) is 35.1 Å². The second-order valence-corrected chi connectivity index (χ2v) is 8.22. The van der Waals surface area contributed by atoms with E-state index in [-0.39, 0.29) is 36.5 Å². The van der Waals surface area contributed by atoms with Gasteiger partial charge in [0.15, 0.2) is 0 Å². The summed E-state index contributed by atoms with van der Waals surface area (Å²) in [5, 5.41) is 13.1. The van der Waals surface area contributed by atoms with Crippen LogP contribution in [0.25, 0.3) is 0 Å². The number of anilines is 2. The first-order valence-electron chi connectivity index (χ1n) is 10.9. The number of nitrogens with one attached hydrogen (secondary N) is 1. The molecule has 7 heteroatoms. The summed E-state index contributed by atoms with van der Waals surface area (Å²) in [5.41, 5.74) is 2.91. The van der Waals surface area contributed by atoms with E-state index in [4.69, 9.17) is 4.74 Å². The Morgan fingerprint density at radius 2 is 1.70 bits per heavy atom. The highest BCUT2D eigenvalue weighted by Crippen LogP contribution is 2.48. The first-order chi connectivity index (χ1) is 16.1. The summed E-state index contributed by atoms with van der Waals surface area (Å²) in [6.07, 6.45) is 0. The Balaban J connectivity index is 1.49. The maximum Gasteiger partial charge on any atom is 0.322 e. The average Bonchev–Trinajstić information content (AvgIpc) is 2.84. The van der Waals surface area contributed by atoms with Gasteiger partial charge in [0.1, 0.15) is 5.75 Å². The summed E-state index contributed by atoms with van der Waals surface area (Å²) in [4.78, 5) is 30.1. The zero-order chi connectivity index (χ0) is 22.9. The number of amides is 3. The van der Waals surface area contributed by atoms with Crippen LogP contribution in [-0.4, -0.2) is 54.3 Å². The Hall–Kier alpha value is -3.84. The number of carbonyl (C=O) groups is 2. The van der Waals surface area contributed by atoms with Crippen LogP contribution in [0.1, 0.15) is 21.8 Å². The summed E-state index contributed by atoms with van der Waals surface area (Å²) in [6.45, 7) is 0.176. The molecule has 2 heterocycles. The molecule has 3 aromatic rings. The van der Waals surface area contributed by atoms with E-state index >= 15 is 0 Å². The van der Waals surface area contributed by atoms with Crippen molar-refractivity contribution < 1.29 is 19.4 Å². The molecule has 0 bridgehead atoms. The summed E-state index contributed by atoms with van der Waals surface area (Å²) in [6, 6.07) is 23.2. The van der Waals surface area contributed by atoms with Gasteiger partial charge in [0, 0.05) is 23.8 Å². The van der Waals surface area contributed by atoms with Crippen molar-refractivity contribution in [2.75, 3.05) is 30.5 Å². The van der Waals surface area contributed by atoms with Crippen molar-refractivity contribution in [1.82, 2.24) is 4.90 Å². The Bertz CT molecular complexity index is 1180. The second kappa shape index (κ2) is 8.60. The largest absolute Gasteiger partial charge is 0.496 e. The van der Waals surface area contributed by atoms with Crippen molar-refractivity contribution in [3.8, 4) is 5.75 Å². The quantitative estimate of drug-likeness (QED) is 0.644. The minimum absolute atomic E-state index is 0.0468. The molecule has 168 valence electrons. The number of aliphatic hydroxyl groups excluding tert-OH is 1. The van der Waals surface area contributed by atoms with Crippen LogP contribution >= 0.6 is 0 Å². The maximum absolute atomic E-state index is 13.6. The van der Waals surface area contributed by atoms with E-state index in [0.717, 1.165) is 11.3 Å². The lowest BCUT2D eigenvalue weighted by atomic mass is 9.72. The lowest BCUT2D eigenvalue weighted by molar-refractivity contribution is -0.00266. The lowest BCUT2D eigenvalue weighted by Gasteiger charge is -2.58. The van der Waals surface area contributed by atoms with Gasteiger partial charge in [0.25, 0.3) is 5.91 Å². The summed E-state index contributed by atoms with van der Waals surface area (Å²) >= 11 is 0. The van der Waals surface area contributed by atoms with Gasteiger partial charge in [-0.05, 0) is 35.9 Å². The fraction of sp³-hybridized carbons (Fsp3) is 0.231. The van der Waals surface area contributed by atoms with E-state index < -0.39 is 0 Å². The van der Waals surface area contributed by atoms with E-state index in [1.165, 1.54) is 0 Å². The van der Waals surface area contributed by atoms with Crippen LogP contribution in [0.2, 0.25) is 0 Å². The predicted octanol–water partition coefficient (Wildman–Crippen LogP) is 3.72. The smallest absolute Gasteiger partial charge is 0.322 e. The molecule has 0 aromatic heterocycles. The highest BCUT2D eigenvalue weighted by atomic mass is 16.5. The minimum atomic E-state index is -0.358. The molecule has 3 aromatic carbocycles. The molecule has 0 spiro atoms. The van der Waals surface area contributed by atoms with Crippen molar-refractivity contribution in [3.05, 3.63) is 90.0 Å².